The van der Waals surface area contributed by atoms with Crippen LogP contribution in [0.1, 0.15) is 18.5 Å². The summed E-state index contributed by atoms with van der Waals surface area (Å²) in [6.07, 6.45) is 0. The predicted molar refractivity (Wildman–Crippen MR) is 77.4 cm³/mol. The minimum absolute atomic E-state index is 0.0988. The molecule has 1 atom stereocenters. The van der Waals surface area contributed by atoms with Gasteiger partial charge in [-0.2, -0.15) is 0 Å². The van der Waals surface area contributed by atoms with Crippen LogP contribution in [0.2, 0.25) is 10.0 Å². The molecule has 1 rings (SSSR count). The van der Waals surface area contributed by atoms with E-state index >= 15 is 0 Å². The standard InChI is InChI=1S/C13H20Cl2N2O/c1-3-18-5-4-17(2)13(9-16)10-6-11(14)8-12(15)7-10/h6-8,13H,3-5,9,16H2,1-2H3. The van der Waals surface area contributed by atoms with Gasteiger partial charge in [-0.15, -0.1) is 0 Å². The highest BCUT2D eigenvalue weighted by Gasteiger charge is 2.16. The van der Waals surface area contributed by atoms with Crippen LogP contribution in [0.15, 0.2) is 18.2 Å². The minimum atomic E-state index is 0.0988. The molecule has 0 amide bonds. The van der Waals surface area contributed by atoms with E-state index in [0.717, 1.165) is 18.7 Å². The van der Waals surface area contributed by atoms with Gasteiger partial charge in [-0.1, -0.05) is 23.2 Å². The smallest absolute Gasteiger partial charge is 0.0593 e. The zero-order valence-electron chi connectivity index (χ0n) is 10.8. The highest BCUT2D eigenvalue weighted by atomic mass is 35.5. The second-order valence-electron chi connectivity index (χ2n) is 4.13. The molecule has 0 aliphatic rings. The predicted octanol–water partition coefficient (Wildman–Crippen LogP) is 2.96. The minimum Gasteiger partial charge on any atom is -0.380 e. The maximum Gasteiger partial charge on any atom is 0.0593 e. The summed E-state index contributed by atoms with van der Waals surface area (Å²) in [5, 5.41) is 1.27. The lowest BCUT2D eigenvalue weighted by Gasteiger charge is -2.27. The molecule has 1 aromatic carbocycles. The van der Waals surface area contributed by atoms with Crippen molar-refractivity contribution in [1.82, 2.24) is 4.90 Å². The van der Waals surface area contributed by atoms with Crippen molar-refractivity contribution in [3.8, 4) is 0 Å². The van der Waals surface area contributed by atoms with Gasteiger partial charge in [-0.3, -0.25) is 4.90 Å². The van der Waals surface area contributed by atoms with E-state index in [0.29, 0.717) is 23.2 Å². The Morgan fingerprint density at radius 3 is 2.39 bits per heavy atom. The lowest BCUT2D eigenvalue weighted by molar-refractivity contribution is 0.108. The van der Waals surface area contributed by atoms with Crippen molar-refractivity contribution >= 4 is 23.2 Å². The van der Waals surface area contributed by atoms with Gasteiger partial charge in [0, 0.05) is 35.8 Å². The Kier molecular flexibility index (Phi) is 6.97. The fraction of sp³-hybridized carbons (Fsp3) is 0.538. The maximum atomic E-state index is 6.01. The molecule has 102 valence electrons. The topological polar surface area (TPSA) is 38.5 Å². The summed E-state index contributed by atoms with van der Waals surface area (Å²) < 4.78 is 5.35. The first-order valence-electron chi connectivity index (χ1n) is 6.02. The zero-order chi connectivity index (χ0) is 13.5. The summed E-state index contributed by atoms with van der Waals surface area (Å²) in [5.74, 6) is 0. The molecule has 0 spiro atoms. The first kappa shape index (κ1) is 15.7. The Labute approximate surface area is 119 Å². The van der Waals surface area contributed by atoms with Gasteiger partial charge >= 0.3 is 0 Å². The van der Waals surface area contributed by atoms with E-state index < -0.39 is 0 Å². The van der Waals surface area contributed by atoms with Gasteiger partial charge in [0.05, 0.1) is 6.61 Å². The largest absolute Gasteiger partial charge is 0.380 e. The number of rotatable bonds is 7. The third kappa shape index (κ3) is 4.75. The van der Waals surface area contributed by atoms with Crippen LogP contribution < -0.4 is 5.73 Å². The molecule has 0 saturated heterocycles. The van der Waals surface area contributed by atoms with Gasteiger partial charge < -0.3 is 10.5 Å². The van der Waals surface area contributed by atoms with E-state index in [1.165, 1.54) is 0 Å². The monoisotopic (exact) mass is 290 g/mol. The van der Waals surface area contributed by atoms with E-state index in [2.05, 4.69) is 4.90 Å². The molecule has 0 bridgehead atoms. The van der Waals surface area contributed by atoms with Crippen LogP contribution in [0, 0.1) is 0 Å². The SMILES string of the molecule is CCOCCN(C)C(CN)c1cc(Cl)cc(Cl)c1. The van der Waals surface area contributed by atoms with Gasteiger partial charge in [0.15, 0.2) is 0 Å². The highest BCUT2D eigenvalue weighted by molar-refractivity contribution is 6.34. The van der Waals surface area contributed by atoms with Gasteiger partial charge in [-0.05, 0) is 37.7 Å². The van der Waals surface area contributed by atoms with E-state index in [9.17, 15) is 0 Å². The fourth-order valence-electron chi connectivity index (χ4n) is 1.85. The number of hydrogen-bond acceptors (Lipinski definition) is 3. The van der Waals surface area contributed by atoms with Crippen LogP contribution in [0.5, 0.6) is 0 Å². The second kappa shape index (κ2) is 7.97. The second-order valence-corrected chi connectivity index (χ2v) is 5.00. The molecule has 0 heterocycles. The van der Waals surface area contributed by atoms with E-state index in [-0.39, 0.29) is 6.04 Å². The van der Waals surface area contributed by atoms with Crippen LogP contribution in [-0.4, -0.2) is 38.3 Å². The van der Waals surface area contributed by atoms with Crippen LogP contribution in [0.25, 0.3) is 0 Å². The molecule has 0 aromatic heterocycles. The summed E-state index contributed by atoms with van der Waals surface area (Å²) in [5.41, 5.74) is 6.88. The first-order chi connectivity index (χ1) is 8.58. The lowest BCUT2D eigenvalue weighted by Crippen LogP contribution is -2.33. The van der Waals surface area contributed by atoms with Crippen LogP contribution in [0.3, 0.4) is 0 Å². The number of nitrogens with two attached hydrogens (primary N) is 1. The number of likely N-dealkylation sites (N-methyl/N-ethyl adjacent to an activating group) is 1. The molecule has 3 nitrogen and oxygen atoms in total. The van der Waals surface area contributed by atoms with Gasteiger partial charge in [-0.25, -0.2) is 0 Å². The summed E-state index contributed by atoms with van der Waals surface area (Å²) in [6, 6.07) is 5.63. The molecule has 0 saturated carbocycles. The molecule has 0 fully saturated rings. The molecule has 5 heteroatoms. The number of halogens is 2. The molecule has 1 aromatic rings. The highest BCUT2D eigenvalue weighted by Crippen LogP contribution is 2.25. The fourth-order valence-corrected chi connectivity index (χ4v) is 2.39. The first-order valence-corrected chi connectivity index (χ1v) is 6.78. The number of nitrogens with zero attached hydrogens (tertiary/aromatic N) is 1. The summed E-state index contributed by atoms with van der Waals surface area (Å²) in [6.45, 7) is 4.73. The van der Waals surface area contributed by atoms with Crippen LogP contribution in [-0.2, 0) is 4.74 Å². The van der Waals surface area contributed by atoms with Crippen molar-refractivity contribution < 1.29 is 4.74 Å². The third-order valence-corrected chi connectivity index (χ3v) is 3.25. The molecule has 0 aliphatic carbocycles. The van der Waals surface area contributed by atoms with Crippen molar-refractivity contribution in [3.63, 3.8) is 0 Å². The third-order valence-electron chi connectivity index (χ3n) is 2.82. The number of hydrogen-bond donors (Lipinski definition) is 1. The Morgan fingerprint density at radius 1 is 1.28 bits per heavy atom. The van der Waals surface area contributed by atoms with Crippen molar-refractivity contribution in [2.24, 2.45) is 5.73 Å². The van der Waals surface area contributed by atoms with Crippen molar-refractivity contribution in [1.29, 1.82) is 0 Å². The Hall–Kier alpha value is -0.320. The summed E-state index contributed by atoms with van der Waals surface area (Å²) in [4.78, 5) is 2.15. The molecular formula is C13H20Cl2N2O. The van der Waals surface area contributed by atoms with Gasteiger partial charge in [0.1, 0.15) is 0 Å². The average Bonchev–Trinajstić information content (AvgIpc) is 2.29. The molecule has 1 unspecified atom stereocenters. The quantitative estimate of drug-likeness (QED) is 0.785. The molecule has 18 heavy (non-hydrogen) atoms. The molecule has 0 radical (unpaired) electrons. The normalized spacial score (nSPS) is 13.0. The maximum absolute atomic E-state index is 6.01. The summed E-state index contributed by atoms with van der Waals surface area (Å²) >= 11 is 12.0. The van der Waals surface area contributed by atoms with Crippen molar-refractivity contribution in [2.45, 2.75) is 13.0 Å². The van der Waals surface area contributed by atoms with Crippen LogP contribution >= 0.6 is 23.2 Å². The van der Waals surface area contributed by atoms with E-state index in [1.54, 1.807) is 6.07 Å². The zero-order valence-corrected chi connectivity index (χ0v) is 12.3. The van der Waals surface area contributed by atoms with Crippen molar-refractivity contribution in [3.05, 3.63) is 33.8 Å². The number of benzene rings is 1. The van der Waals surface area contributed by atoms with Crippen LogP contribution in [0.4, 0.5) is 0 Å². The van der Waals surface area contributed by atoms with Crippen molar-refractivity contribution in [2.75, 3.05) is 33.4 Å². The molecule has 2 N–H and O–H groups in total. The lowest BCUT2D eigenvalue weighted by atomic mass is 10.1. The average molecular weight is 291 g/mol. The summed E-state index contributed by atoms with van der Waals surface area (Å²) in [7, 11) is 2.02. The van der Waals surface area contributed by atoms with E-state index in [4.69, 9.17) is 33.7 Å². The Morgan fingerprint density at radius 2 is 1.89 bits per heavy atom. The Bertz CT molecular complexity index is 354. The van der Waals surface area contributed by atoms with Gasteiger partial charge in [0.2, 0.25) is 0 Å². The number of ether oxygens (including phenoxy) is 1. The molecule has 0 aliphatic heterocycles. The molecular weight excluding hydrogens is 271 g/mol. The van der Waals surface area contributed by atoms with Gasteiger partial charge in [0.25, 0.3) is 0 Å². The Balaban J connectivity index is 2.74. The van der Waals surface area contributed by atoms with E-state index in [1.807, 2.05) is 26.1 Å².